The molecule has 4 rings (SSSR count). The van der Waals surface area contributed by atoms with Crippen LogP contribution in [0.2, 0.25) is 0 Å². The number of rotatable bonds is 7. The zero-order valence-corrected chi connectivity index (χ0v) is 17.0. The zero-order chi connectivity index (χ0) is 20.8. The summed E-state index contributed by atoms with van der Waals surface area (Å²) in [6, 6.07) is 15.2. The van der Waals surface area contributed by atoms with Crippen LogP contribution in [0.4, 0.5) is 29.2 Å². The molecule has 1 aliphatic rings. The SMILES string of the molecule is COc1cccc(Nc2nc(Nc3cccc(OC)c3)nc(N3CCOCC3)n2)c1. The highest BCUT2D eigenvalue weighted by Crippen LogP contribution is 2.24. The number of anilines is 5. The lowest BCUT2D eigenvalue weighted by Gasteiger charge is -2.27. The highest BCUT2D eigenvalue weighted by atomic mass is 16.5. The first-order valence-corrected chi connectivity index (χ1v) is 9.64. The van der Waals surface area contributed by atoms with Crippen LogP contribution >= 0.6 is 0 Å². The molecular formula is C21H24N6O3. The van der Waals surface area contributed by atoms with Gasteiger partial charge in [-0.15, -0.1) is 0 Å². The van der Waals surface area contributed by atoms with Gasteiger partial charge in [-0.25, -0.2) is 0 Å². The van der Waals surface area contributed by atoms with Gasteiger partial charge >= 0.3 is 0 Å². The normalized spacial score (nSPS) is 13.6. The molecule has 0 amide bonds. The van der Waals surface area contributed by atoms with Crippen LogP contribution in [0, 0.1) is 0 Å². The molecule has 0 spiro atoms. The van der Waals surface area contributed by atoms with E-state index in [1.165, 1.54) is 0 Å². The molecule has 0 radical (unpaired) electrons. The second-order valence-corrected chi connectivity index (χ2v) is 6.60. The summed E-state index contributed by atoms with van der Waals surface area (Å²) in [5.74, 6) is 2.95. The molecule has 30 heavy (non-hydrogen) atoms. The van der Waals surface area contributed by atoms with Crippen molar-refractivity contribution in [3.05, 3.63) is 48.5 Å². The molecule has 1 fully saturated rings. The van der Waals surface area contributed by atoms with Crippen LogP contribution < -0.4 is 25.0 Å². The summed E-state index contributed by atoms with van der Waals surface area (Å²) >= 11 is 0. The molecule has 0 bridgehead atoms. The minimum atomic E-state index is 0.435. The lowest BCUT2D eigenvalue weighted by Crippen LogP contribution is -2.37. The van der Waals surface area contributed by atoms with Crippen molar-refractivity contribution in [3.63, 3.8) is 0 Å². The number of nitrogens with zero attached hydrogens (tertiary/aromatic N) is 4. The fraction of sp³-hybridized carbons (Fsp3) is 0.286. The maximum atomic E-state index is 5.45. The summed E-state index contributed by atoms with van der Waals surface area (Å²) in [7, 11) is 3.27. The van der Waals surface area contributed by atoms with Gasteiger partial charge in [-0.1, -0.05) is 12.1 Å². The van der Waals surface area contributed by atoms with Gasteiger partial charge in [0, 0.05) is 36.6 Å². The van der Waals surface area contributed by atoms with E-state index in [2.05, 4.69) is 30.5 Å². The Morgan fingerprint density at radius 3 is 1.83 bits per heavy atom. The first kappa shape index (κ1) is 19.7. The number of hydrogen-bond donors (Lipinski definition) is 2. The number of nitrogens with one attached hydrogen (secondary N) is 2. The molecule has 9 heteroatoms. The summed E-state index contributed by atoms with van der Waals surface area (Å²) < 4.78 is 16.0. The lowest BCUT2D eigenvalue weighted by molar-refractivity contribution is 0.122. The van der Waals surface area contributed by atoms with Gasteiger partial charge in [0.15, 0.2) is 0 Å². The monoisotopic (exact) mass is 408 g/mol. The number of benzene rings is 2. The highest BCUT2D eigenvalue weighted by Gasteiger charge is 2.17. The van der Waals surface area contributed by atoms with Crippen LogP contribution in [-0.2, 0) is 4.74 Å². The Labute approximate surface area is 175 Å². The van der Waals surface area contributed by atoms with E-state index in [4.69, 9.17) is 14.2 Å². The van der Waals surface area contributed by atoms with Crippen LogP contribution in [0.15, 0.2) is 48.5 Å². The Hall–Kier alpha value is -3.59. The van der Waals surface area contributed by atoms with Gasteiger partial charge in [0.05, 0.1) is 27.4 Å². The first-order valence-electron chi connectivity index (χ1n) is 9.64. The Bertz CT molecular complexity index is 926. The second kappa shape index (κ2) is 9.27. The predicted octanol–water partition coefficient (Wildman–Crippen LogP) is 3.21. The van der Waals surface area contributed by atoms with Crippen molar-refractivity contribution < 1.29 is 14.2 Å². The first-order chi connectivity index (χ1) is 14.7. The molecule has 1 saturated heterocycles. The lowest BCUT2D eigenvalue weighted by atomic mass is 10.3. The summed E-state index contributed by atoms with van der Waals surface area (Å²) in [6.07, 6.45) is 0. The van der Waals surface area contributed by atoms with E-state index in [-0.39, 0.29) is 0 Å². The molecule has 2 heterocycles. The van der Waals surface area contributed by atoms with E-state index in [1.807, 2.05) is 48.5 Å². The molecule has 1 aliphatic heterocycles. The van der Waals surface area contributed by atoms with Crippen LogP contribution in [0.3, 0.4) is 0 Å². The fourth-order valence-electron chi connectivity index (χ4n) is 3.04. The van der Waals surface area contributed by atoms with E-state index in [1.54, 1.807) is 14.2 Å². The molecule has 0 saturated carbocycles. The molecule has 0 atom stereocenters. The standard InChI is InChI=1S/C21H24N6O3/c1-28-17-7-3-5-15(13-17)22-19-24-20(23-16-6-4-8-18(14-16)29-2)26-21(25-19)27-9-11-30-12-10-27/h3-8,13-14H,9-12H2,1-2H3,(H2,22,23,24,25,26). The van der Waals surface area contributed by atoms with Gasteiger partial charge in [0.1, 0.15) is 11.5 Å². The third-order valence-electron chi connectivity index (χ3n) is 4.57. The summed E-state index contributed by atoms with van der Waals surface area (Å²) in [5, 5.41) is 6.48. The van der Waals surface area contributed by atoms with Crippen molar-refractivity contribution in [1.82, 2.24) is 15.0 Å². The summed E-state index contributed by atoms with van der Waals surface area (Å²) in [4.78, 5) is 15.9. The quantitative estimate of drug-likeness (QED) is 0.611. The zero-order valence-electron chi connectivity index (χ0n) is 17.0. The molecule has 3 aromatic rings. The average Bonchev–Trinajstić information content (AvgIpc) is 2.80. The number of aromatic nitrogens is 3. The minimum absolute atomic E-state index is 0.435. The fourth-order valence-corrected chi connectivity index (χ4v) is 3.04. The summed E-state index contributed by atoms with van der Waals surface area (Å²) in [6.45, 7) is 2.73. The van der Waals surface area contributed by atoms with Crippen molar-refractivity contribution in [3.8, 4) is 11.5 Å². The number of hydrogen-bond acceptors (Lipinski definition) is 9. The molecule has 2 N–H and O–H groups in total. The minimum Gasteiger partial charge on any atom is -0.497 e. The summed E-state index contributed by atoms with van der Waals surface area (Å²) in [5.41, 5.74) is 1.64. The molecule has 1 aromatic heterocycles. The second-order valence-electron chi connectivity index (χ2n) is 6.60. The van der Waals surface area contributed by atoms with E-state index in [0.29, 0.717) is 31.1 Å². The number of methoxy groups -OCH3 is 2. The third-order valence-corrected chi connectivity index (χ3v) is 4.57. The van der Waals surface area contributed by atoms with Crippen molar-refractivity contribution in [2.45, 2.75) is 0 Å². The third kappa shape index (κ3) is 4.87. The van der Waals surface area contributed by atoms with Crippen LogP contribution in [0.25, 0.3) is 0 Å². The van der Waals surface area contributed by atoms with Gasteiger partial charge in [-0.3, -0.25) is 0 Å². The van der Waals surface area contributed by atoms with Gasteiger partial charge in [0.2, 0.25) is 17.8 Å². The molecule has 156 valence electrons. The maximum Gasteiger partial charge on any atom is 0.233 e. The number of ether oxygens (including phenoxy) is 3. The molecule has 0 unspecified atom stereocenters. The van der Waals surface area contributed by atoms with Crippen molar-refractivity contribution in [2.75, 3.05) is 56.1 Å². The molecule has 2 aromatic carbocycles. The molecule has 0 aliphatic carbocycles. The Morgan fingerprint density at radius 1 is 0.800 bits per heavy atom. The smallest absolute Gasteiger partial charge is 0.233 e. The van der Waals surface area contributed by atoms with Crippen LogP contribution in [-0.4, -0.2) is 55.5 Å². The molecule has 9 nitrogen and oxygen atoms in total. The van der Waals surface area contributed by atoms with E-state index < -0.39 is 0 Å². The van der Waals surface area contributed by atoms with Crippen molar-refractivity contribution in [1.29, 1.82) is 0 Å². The van der Waals surface area contributed by atoms with E-state index >= 15 is 0 Å². The predicted molar refractivity (Wildman–Crippen MR) is 115 cm³/mol. The van der Waals surface area contributed by atoms with E-state index in [0.717, 1.165) is 36.0 Å². The Morgan fingerprint density at radius 2 is 1.33 bits per heavy atom. The van der Waals surface area contributed by atoms with Gasteiger partial charge in [-0.2, -0.15) is 15.0 Å². The van der Waals surface area contributed by atoms with E-state index in [9.17, 15) is 0 Å². The van der Waals surface area contributed by atoms with Crippen LogP contribution in [0.5, 0.6) is 11.5 Å². The Balaban J connectivity index is 1.64. The Kier molecular flexibility index (Phi) is 6.09. The van der Waals surface area contributed by atoms with Gasteiger partial charge in [0.25, 0.3) is 0 Å². The molecular weight excluding hydrogens is 384 g/mol. The average molecular weight is 408 g/mol. The maximum absolute atomic E-state index is 5.45. The van der Waals surface area contributed by atoms with Gasteiger partial charge < -0.3 is 29.7 Å². The van der Waals surface area contributed by atoms with Gasteiger partial charge in [-0.05, 0) is 24.3 Å². The number of morpholine rings is 1. The van der Waals surface area contributed by atoms with Crippen LogP contribution in [0.1, 0.15) is 0 Å². The van der Waals surface area contributed by atoms with Crippen molar-refractivity contribution >= 4 is 29.2 Å². The van der Waals surface area contributed by atoms with Crippen molar-refractivity contribution in [2.24, 2.45) is 0 Å². The topological polar surface area (TPSA) is 93.7 Å². The highest BCUT2D eigenvalue weighted by molar-refractivity contribution is 5.61. The largest absolute Gasteiger partial charge is 0.497 e.